The maximum atomic E-state index is 12.3. The number of hydrogen-bond acceptors (Lipinski definition) is 4. The van der Waals surface area contributed by atoms with Gasteiger partial charge < -0.3 is 10.3 Å². The third-order valence-corrected chi connectivity index (χ3v) is 5.07. The van der Waals surface area contributed by atoms with Gasteiger partial charge in [0.25, 0.3) is 10.0 Å². The molecule has 0 aromatic carbocycles. The van der Waals surface area contributed by atoms with Crippen LogP contribution in [0.2, 0.25) is 0 Å². The molecule has 0 unspecified atom stereocenters. The second kappa shape index (κ2) is 5.38. The maximum Gasteiger partial charge on any atom is 0.259 e. The Bertz CT molecular complexity index is 491. The lowest BCUT2D eigenvalue weighted by molar-refractivity contribution is 0.310. The maximum absolute atomic E-state index is 12.3. The van der Waals surface area contributed by atoms with E-state index in [1.807, 2.05) is 0 Å². The van der Waals surface area contributed by atoms with E-state index in [1.54, 1.807) is 14.0 Å². The summed E-state index contributed by atoms with van der Waals surface area (Å²) in [5, 5.41) is 3.45. The van der Waals surface area contributed by atoms with Gasteiger partial charge in [-0.15, -0.1) is 0 Å². The number of aryl methyl sites for hydroxylation is 1. The van der Waals surface area contributed by atoms with Crippen LogP contribution < -0.4 is 5.32 Å². The normalized spacial score (nSPS) is 18.4. The van der Waals surface area contributed by atoms with Crippen LogP contribution in [0.15, 0.2) is 11.2 Å². The predicted molar refractivity (Wildman–Crippen MR) is 68.7 cm³/mol. The van der Waals surface area contributed by atoms with Crippen molar-refractivity contribution >= 4 is 10.0 Å². The zero-order valence-electron chi connectivity index (χ0n) is 10.8. The van der Waals surface area contributed by atoms with Crippen molar-refractivity contribution in [3.05, 3.63) is 12.0 Å². The average molecular weight is 272 g/mol. The monoisotopic (exact) mass is 272 g/mol. The number of H-pyrrole nitrogens is 1. The topological polar surface area (TPSA) is 78.1 Å². The van der Waals surface area contributed by atoms with E-state index >= 15 is 0 Å². The van der Waals surface area contributed by atoms with Gasteiger partial charge >= 0.3 is 0 Å². The van der Waals surface area contributed by atoms with Crippen molar-refractivity contribution in [2.75, 3.05) is 26.7 Å². The van der Waals surface area contributed by atoms with Crippen LogP contribution in [0.4, 0.5) is 0 Å². The predicted octanol–water partition coefficient (Wildman–Crippen LogP) is 0.338. The largest absolute Gasteiger partial charge is 0.332 e. The molecule has 2 N–H and O–H groups in total. The highest BCUT2D eigenvalue weighted by Crippen LogP contribution is 2.17. The molecule has 1 aliphatic rings. The van der Waals surface area contributed by atoms with Crippen LogP contribution in [0.1, 0.15) is 18.7 Å². The van der Waals surface area contributed by atoms with Gasteiger partial charge in [-0.2, -0.15) is 4.31 Å². The fraction of sp³-hybridized carbons (Fsp3) is 0.727. The Labute approximate surface area is 108 Å². The van der Waals surface area contributed by atoms with E-state index in [1.165, 1.54) is 10.5 Å². The van der Waals surface area contributed by atoms with E-state index in [2.05, 4.69) is 15.3 Å². The van der Waals surface area contributed by atoms with Crippen molar-refractivity contribution in [2.24, 2.45) is 5.92 Å². The molecule has 0 bridgehead atoms. The average Bonchev–Trinajstić information content (AvgIpc) is 2.78. The van der Waals surface area contributed by atoms with Crippen LogP contribution in [-0.2, 0) is 10.0 Å². The molecule has 1 aliphatic heterocycles. The molecule has 1 fully saturated rings. The molecular weight excluding hydrogens is 252 g/mol. The highest BCUT2D eigenvalue weighted by atomic mass is 32.2. The molecule has 7 heteroatoms. The summed E-state index contributed by atoms with van der Waals surface area (Å²) in [4.78, 5) is 6.72. The summed E-state index contributed by atoms with van der Waals surface area (Å²) in [6.45, 7) is 4.26. The van der Waals surface area contributed by atoms with Gasteiger partial charge in [0.1, 0.15) is 5.82 Å². The van der Waals surface area contributed by atoms with Crippen molar-refractivity contribution in [1.82, 2.24) is 19.6 Å². The van der Waals surface area contributed by atoms with Gasteiger partial charge in [0.2, 0.25) is 0 Å². The molecule has 0 radical (unpaired) electrons. The number of nitrogens with one attached hydrogen (secondary N) is 2. The van der Waals surface area contributed by atoms with Gasteiger partial charge in [-0.25, -0.2) is 13.4 Å². The van der Waals surface area contributed by atoms with Crippen molar-refractivity contribution < 1.29 is 8.42 Å². The van der Waals surface area contributed by atoms with Crippen molar-refractivity contribution in [3.63, 3.8) is 0 Å². The lowest BCUT2D eigenvalue weighted by Gasteiger charge is -2.26. The zero-order valence-corrected chi connectivity index (χ0v) is 11.6. The number of aromatic amines is 1. The van der Waals surface area contributed by atoms with E-state index in [0.29, 0.717) is 18.3 Å². The fourth-order valence-corrected chi connectivity index (χ4v) is 3.43. The van der Waals surface area contributed by atoms with Crippen molar-refractivity contribution in [1.29, 1.82) is 0 Å². The third kappa shape index (κ3) is 2.90. The zero-order chi connectivity index (χ0) is 13.2. The van der Waals surface area contributed by atoms with Crippen LogP contribution in [0, 0.1) is 12.8 Å². The van der Waals surface area contributed by atoms with Gasteiger partial charge in [0.15, 0.2) is 5.03 Å². The van der Waals surface area contributed by atoms with Crippen LogP contribution >= 0.6 is 0 Å². The number of nitrogens with zero attached hydrogens (tertiary/aromatic N) is 2. The second-order valence-electron chi connectivity index (χ2n) is 4.81. The highest BCUT2D eigenvalue weighted by molar-refractivity contribution is 7.89. The first-order valence-electron chi connectivity index (χ1n) is 6.19. The molecule has 0 atom stereocenters. The smallest absolute Gasteiger partial charge is 0.259 e. The molecule has 18 heavy (non-hydrogen) atoms. The molecule has 0 amide bonds. The minimum absolute atomic E-state index is 0.177. The second-order valence-corrected chi connectivity index (χ2v) is 6.83. The first kappa shape index (κ1) is 13.5. The molecule has 2 heterocycles. The van der Waals surface area contributed by atoms with E-state index in [4.69, 9.17) is 0 Å². The number of imidazole rings is 1. The molecular formula is C11H20N4O2S. The molecule has 1 saturated heterocycles. The summed E-state index contributed by atoms with van der Waals surface area (Å²) in [5.41, 5.74) is 0. The van der Waals surface area contributed by atoms with Gasteiger partial charge in [-0.1, -0.05) is 0 Å². The molecule has 0 aliphatic carbocycles. The SMILES string of the molecule is Cc1ncc(S(=O)(=O)N(C)CC2CCNCC2)[nH]1. The first-order valence-corrected chi connectivity index (χ1v) is 7.63. The molecule has 1 aromatic rings. The standard InChI is InChI=1S/C11H20N4O2S/c1-9-13-7-11(14-9)18(16,17)15(2)8-10-3-5-12-6-4-10/h7,10,12H,3-6,8H2,1-2H3,(H,13,14). The Hall–Kier alpha value is -0.920. The quantitative estimate of drug-likeness (QED) is 0.828. The third-order valence-electron chi connectivity index (χ3n) is 3.34. The van der Waals surface area contributed by atoms with Crippen LogP contribution in [0.3, 0.4) is 0 Å². The summed E-state index contributed by atoms with van der Waals surface area (Å²) in [6.07, 6.45) is 3.44. The first-order chi connectivity index (χ1) is 8.50. The van der Waals surface area contributed by atoms with E-state index < -0.39 is 10.0 Å². The molecule has 102 valence electrons. The van der Waals surface area contributed by atoms with Crippen LogP contribution in [-0.4, -0.2) is 49.4 Å². The Morgan fingerprint density at radius 2 is 2.11 bits per heavy atom. The van der Waals surface area contributed by atoms with Gasteiger partial charge in [-0.3, -0.25) is 0 Å². The minimum atomic E-state index is -3.42. The van der Waals surface area contributed by atoms with Crippen LogP contribution in [0.5, 0.6) is 0 Å². The van der Waals surface area contributed by atoms with E-state index in [-0.39, 0.29) is 5.03 Å². The van der Waals surface area contributed by atoms with E-state index in [9.17, 15) is 8.42 Å². The van der Waals surface area contributed by atoms with Gasteiger partial charge in [0.05, 0.1) is 6.20 Å². The summed E-state index contributed by atoms with van der Waals surface area (Å²) >= 11 is 0. The summed E-state index contributed by atoms with van der Waals surface area (Å²) in [7, 11) is -1.79. The Morgan fingerprint density at radius 3 is 2.67 bits per heavy atom. The van der Waals surface area contributed by atoms with Gasteiger partial charge in [0, 0.05) is 13.6 Å². The number of hydrogen-bond donors (Lipinski definition) is 2. The molecule has 2 rings (SSSR count). The van der Waals surface area contributed by atoms with Crippen molar-refractivity contribution in [2.45, 2.75) is 24.8 Å². The lowest BCUT2D eigenvalue weighted by atomic mass is 9.98. The number of aromatic nitrogens is 2. The van der Waals surface area contributed by atoms with Crippen LogP contribution in [0.25, 0.3) is 0 Å². The number of sulfonamides is 1. The Morgan fingerprint density at radius 1 is 1.44 bits per heavy atom. The Kier molecular flexibility index (Phi) is 4.04. The van der Waals surface area contributed by atoms with E-state index in [0.717, 1.165) is 25.9 Å². The summed E-state index contributed by atoms with van der Waals surface area (Å²) in [6, 6.07) is 0. The number of piperidine rings is 1. The fourth-order valence-electron chi connectivity index (χ4n) is 2.22. The molecule has 6 nitrogen and oxygen atoms in total. The Balaban J connectivity index is 2.05. The van der Waals surface area contributed by atoms with Gasteiger partial charge in [-0.05, 0) is 38.8 Å². The molecule has 0 saturated carbocycles. The summed E-state index contributed by atoms with van der Waals surface area (Å²) in [5.74, 6) is 1.05. The molecule has 1 aromatic heterocycles. The van der Waals surface area contributed by atoms with Crippen molar-refractivity contribution in [3.8, 4) is 0 Å². The lowest BCUT2D eigenvalue weighted by Crippen LogP contribution is -2.37. The highest BCUT2D eigenvalue weighted by Gasteiger charge is 2.26. The summed E-state index contributed by atoms with van der Waals surface area (Å²) < 4.78 is 25.9. The minimum Gasteiger partial charge on any atom is -0.332 e. The molecule has 0 spiro atoms. The number of rotatable bonds is 4.